The van der Waals surface area contributed by atoms with E-state index >= 15 is 0 Å². The molecular formula is C26H35N3O3. The van der Waals surface area contributed by atoms with E-state index in [-0.39, 0.29) is 5.91 Å². The Bertz CT molecular complexity index is 1010. The Kier molecular flexibility index (Phi) is 8.96. The van der Waals surface area contributed by atoms with E-state index in [1.54, 1.807) is 32.4 Å². The van der Waals surface area contributed by atoms with Crippen molar-refractivity contribution in [2.24, 2.45) is 0 Å². The first-order valence-corrected chi connectivity index (χ1v) is 11.6. The van der Waals surface area contributed by atoms with E-state index in [2.05, 4.69) is 35.0 Å². The Labute approximate surface area is 190 Å². The molecule has 0 aliphatic carbocycles. The highest BCUT2D eigenvalue weighted by Gasteiger charge is 2.12. The molecule has 0 fully saturated rings. The van der Waals surface area contributed by atoms with Crippen LogP contribution in [0.25, 0.3) is 11.0 Å². The van der Waals surface area contributed by atoms with Gasteiger partial charge < -0.3 is 19.4 Å². The van der Waals surface area contributed by atoms with Crippen LogP contribution in [0.1, 0.15) is 61.6 Å². The van der Waals surface area contributed by atoms with Gasteiger partial charge in [0.1, 0.15) is 5.82 Å². The molecule has 0 aliphatic rings. The Balaban J connectivity index is 1.56. The summed E-state index contributed by atoms with van der Waals surface area (Å²) in [5.74, 6) is 2.14. The second-order valence-electron chi connectivity index (χ2n) is 8.01. The van der Waals surface area contributed by atoms with Gasteiger partial charge in [-0.05, 0) is 43.2 Å². The molecule has 6 heteroatoms. The van der Waals surface area contributed by atoms with Crippen molar-refractivity contribution in [3.8, 4) is 11.5 Å². The van der Waals surface area contributed by atoms with Gasteiger partial charge in [0.05, 0.1) is 25.3 Å². The number of aromatic nitrogens is 2. The lowest BCUT2D eigenvalue weighted by atomic mass is 10.1. The van der Waals surface area contributed by atoms with Gasteiger partial charge in [-0.1, -0.05) is 44.7 Å². The van der Waals surface area contributed by atoms with Crippen LogP contribution >= 0.6 is 0 Å². The number of nitrogens with zero attached hydrogens (tertiary/aromatic N) is 2. The second-order valence-corrected chi connectivity index (χ2v) is 8.01. The maximum absolute atomic E-state index is 12.5. The maximum atomic E-state index is 12.5. The van der Waals surface area contributed by atoms with Crippen LogP contribution in [0.4, 0.5) is 0 Å². The largest absolute Gasteiger partial charge is 0.493 e. The number of hydrogen-bond acceptors (Lipinski definition) is 4. The summed E-state index contributed by atoms with van der Waals surface area (Å²) >= 11 is 0. The Morgan fingerprint density at radius 3 is 2.53 bits per heavy atom. The smallest absolute Gasteiger partial charge is 0.251 e. The number of nitrogens with one attached hydrogen (secondary N) is 1. The summed E-state index contributed by atoms with van der Waals surface area (Å²) in [4.78, 5) is 17.4. The molecule has 3 rings (SSSR count). The van der Waals surface area contributed by atoms with Gasteiger partial charge in [-0.25, -0.2) is 4.98 Å². The molecule has 0 saturated carbocycles. The van der Waals surface area contributed by atoms with Crippen molar-refractivity contribution in [1.82, 2.24) is 14.9 Å². The second kappa shape index (κ2) is 12.1. The van der Waals surface area contributed by atoms with Gasteiger partial charge in [-0.2, -0.15) is 0 Å². The van der Waals surface area contributed by atoms with E-state index in [1.165, 1.54) is 37.6 Å². The SMILES string of the molecule is CCCCCCCn1c(CCCNC(=O)c2ccc(OC)c(OC)c2)nc2ccccc21. The van der Waals surface area contributed by atoms with E-state index in [9.17, 15) is 4.79 Å². The molecule has 1 N–H and O–H groups in total. The quantitative estimate of drug-likeness (QED) is 0.364. The third-order valence-corrected chi connectivity index (χ3v) is 5.73. The first kappa shape index (κ1) is 23.6. The third-order valence-electron chi connectivity index (χ3n) is 5.73. The first-order chi connectivity index (χ1) is 15.7. The zero-order chi connectivity index (χ0) is 22.8. The number of para-hydroxylation sites is 2. The lowest BCUT2D eigenvalue weighted by Crippen LogP contribution is -2.25. The van der Waals surface area contributed by atoms with E-state index < -0.39 is 0 Å². The highest BCUT2D eigenvalue weighted by atomic mass is 16.5. The highest BCUT2D eigenvalue weighted by Crippen LogP contribution is 2.27. The highest BCUT2D eigenvalue weighted by molar-refractivity contribution is 5.94. The first-order valence-electron chi connectivity index (χ1n) is 11.6. The minimum absolute atomic E-state index is 0.115. The van der Waals surface area contributed by atoms with Crippen LogP contribution in [0.3, 0.4) is 0 Å². The molecule has 0 atom stereocenters. The number of aryl methyl sites for hydroxylation is 2. The fraction of sp³-hybridized carbons (Fsp3) is 0.462. The Morgan fingerprint density at radius 2 is 1.75 bits per heavy atom. The topological polar surface area (TPSA) is 65.4 Å². The lowest BCUT2D eigenvalue weighted by molar-refractivity contribution is 0.0952. The minimum atomic E-state index is -0.115. The molecule has 0 radical (unpaired) electrons. The number of imidazole rings is 1. The zero-order valence-electron chi connectivity index (χ0n) is 19.5. The van der Waals surface area contributed by atoms with Crippen LogP contribution in [0, 0.1) is 0 Å². The Morgan fingerprint density at radius 1 is 0.969 bits per heavy atom. The number of hydrogen-bond donors (Lipinski definition) is 1. The number of methoxy groups -OCH3 is 2. The molecule has 0 bridgehead atoms. The number of ether oxygens (including phenoxy) is 2. The summed E-state index contributed by atoms with van der Waals surface area (Å²) in [6.07, 6.45) is 7.94. The number of fused-ring (bicyclic) bond motifs is 1. The molecule has 32 heavy (non-hydrogen) atoms. The van der Waals surface area contributed by atoms with Gasteiger partial charge in [-0.15, -0.1) is 0 Å². The average Bonchev–Trinajstić information content (AvgIpc) is 3.18. The van der Waals surface area contributed by atoms with Crippen LogP contribution in [-0.4, -0.2) is 36.2 Å². The molecule has 1 aromatic heterocycles. The van der Waals surface area contributed by atoms with Crippen molar-refractivity contribution in [2.75, 3.05) is 20.8 Å². The van der Waals surface area contributed by atoms with Crippen LogP contribution < -0.4 is 14.8 Å². The lowest BCUT2D eigenvalue weighted by Gasteiger charge is -2.11. The summed E-state index contributed by atoms with van der Waals surface area (Å²) in [7, 11) is 3.14. The normalized spacial score (nSPS) is 11.0. The van der Waals surface area contributed by atoms with E-state index in [1.807, 2.05) is 6.07 Å². The maximum Gasteiger partial charge on any atom is 0.251 e. The monoisotopic (exact) mass is 437 g/mol. The number of amides is 1. The number of carbonyl (C=O) groups is 1. The van der Waals surface area contributed by atoms with Crippen molar-refractivity contribution in [1.29, 1.82) is 0 Å². The third kappa shape index (κ3) is 6.02. The zero-order valence-corrected chi connectivity index (χ0v) is 19.5. The van der Waals surface area contributed by atoms with Gasteiger partial charge in [0, 0.05) is 25.1 Å². The van der Waals surface area contributed by atoms with Crippen molar-refractivity contribution < 1.29 is 14.3 Å². The Hall–Kier alpha value is -3.02. The summed E-state index contributed by atoms with van der Waals surface area (Å²) in [6, 6.07) is 13.5. The molecule has 0 saturated heterocycles. The summed E-state index contributed by atoms with van der Waals surface area (Å²) in [6.45, 7) is 3.83. The van der Waals surface area contributed by atoms with Gasteiger partial charge in [0.15, 0.2) is 11.5 Å². The molecule has 1 heterocycles. The summed E-state index contributed by atoms with van der Waals surface area (Å²) < 4.78 is 12.9. The molecule has 6 nitrogen and oxygen atoms in total. The molecule has 0 aliphatic heterocycles. The summed E-state index contributed by atoms with van der Waals surface area (Å²) in [5, 5.41) is 3.01. The van der Waals surface area contributed by atoms with E-state index in [0.717, 1.165) is 30.7 Å². The summed E-state index contributed by atoms with van der Waals surface area (Å²) in [5.41, 5.74) is 2.81. The van der Waals surface area contributed by atoms with Gasteiger partial charge in [0.2, 0.25) is 0 Å². The van der Waals surface area contributed by atoms with Crippen LogP contribution in [0.5, 0.6) is 11.5 Å². The molecule has 3 aromatic rings. The predicted octanol–water partition coefficient (Wildman–Crippen LogP) is 5.39. The van der Waals surface area contributed by atoms with Gasteiger partial charge in [0.25, 0.3) is 5.91 Å². The fourth-order valence-electron chi connectivity index (χ4n) is 3.97. The average molecular weight is 438 g/mol. The molecular weight excluding hydrogens is 402 g/mol. The molecule has 1 amide bonds. The van der Waals surface area contributed by atoms with Gasteiger partial charge in [-0.3, -0.25) is 4.79 Å². The fourth-order valence-corrected chi connectivity index (χ4v) is 3.97. The van der Waals surface area contributed by atoms with Crippen molar-refractivity contribution in [3.63, 3.8) is 0 Å². The molecule has 2 aromatic carbocycles. The number of carbonyl (C=O) groups excluding carboxylic acids is 1. The number of unbranched alkanes of at least 4 members (excludes halogenated alkanes) is 4. The van der Waals surface area contributed by atoms with Crippen molar-refractivity contribution in [2.45, 2.75) is 58.4 Å². The van der Waals surface area contributed by atoms with E-state index in [4.69, 9.17) is 14.5 Å². The van der Waals surface area contributed by atoms with Crippen LogP contribution in [0.2, 0.25) is 0 Å². The van der Waals surface area contributed by atoms with Crippen LogP contribution in [0.15, 0.2) is 42.5 Å². The van der Waals surface area contributed by atoms with Gasteiger partial charge >= 0.3 is 0 Å². The van der Waals surface area contributed by atoms with Crippen molar-refractivity contribution in [3.05, 3.63) is 53.9 Å². The molecule has 0 spiro atoms. The van der Waals surface area contributed by atoms with E-state index in [0.29, 0.717) is 23.6 Å². The number of benzene rings is 2. The van der Waals surface area contributed by atoms with Crippen molar-refractivity contribution >= 4 is 16.9 Å². The molecule has 172 valence electrons. The number of rotatable bonds is 13. The predicted molar refractivity (Wildman–Crippen MR) is 129 cm³/mol. The van der Waals surface area contributed by atoms with Crippen LogP contribution in [-0.2, 0) is 13.0 Å². The minimum Gasteiger partial charge on any atom is -0.493 e. The molecule has 0 unspecified atom stereocenters. The standard InChI is InChI=1S/C26H35N3O3/c1-4-5-6-7-10-18-29-22-13-9-8-12-21(22)28-25(29)14-11-17-27-26(30)20-15-16-23(31-2)24(19-20)32-3/h8-9,12-13,15-16,19H,4-7,10-11,14,17-18H2,1-3H3,(H,27,30).